The Morgan fingerprint density at radius 1 is 1.25 bits per heavy atom. The molecule has 1 aromatic carbocycles. The summed E-state index contributed by atoms with van der Waals surface area (Å²) in [5.74, 6) is 0.339. The minimum atomic E-state index is -0.488. The molecule has 3 N–H and O–H groups in total. The summed E-state index contributed by atoms with van der Waals surface area (Å²) in [6, 6.07) is 10.5. The lowest BCUT2D eigenvalue weighted by molar-refractivity contribution is 0.0488. The smallest absolute Gasteiger partial charge is 0.422 e. The summed E-state index contributed by atoms with van der Waals surface area (Å²) in [4.78, 5) is 11.6. The van der Waals surface area contributed by atoms with E-state index in [0.717, 1.165) is 13.1 Å². The van der Waals surface area contributed by atoms with Gasteiger partial charge in [-0.3, -0.25) is 5.43 Å². The Morgan fingerprint density at radius 3 is 2.60 bits per heavy atom. The van der Waals surface area contributed by atoms with Gasteiger partial charge in [0.25, 0.3) is 0 Å². The molecule has 20 heavy (non-hydrogen) atoms. The number of rotatable bonds is 3. The van der Waals surface area contributed by atoms with Crippen molar-refractivity contribution in [2.75, 3.05) is 13.1 Å². The van der Waals surface area contributed by atoms with Crippen LogP contribution < -0.4 is 16.2 Å². The van der Waals surface area contributed by atoms with Crippen molar-refractivity contribution in [3.8, 4) is 0 Å². The molecule has 2 unspecified atom stereocenters. The summed E-state index contributed by atoms with van der Waals surface area (Å²) in [6.45, 7) is 7.25. The highest BCUT2D eigenvalue weighted by Gasteiger charge is 2.28. The van der Waals surface area contributed by atoms with Gasteiger partial charge in [0.2, 0.25) is 0 Å². The van der Waals surface area contributed by atoms with Gasteiger partial charge in [-0.25, -0.2) is 10.2 Å². The van der Waals surface area contributed by atoms with Gasteiger partial charge >= 0.3 is 6.09 Å². The van der Waals surface area contributed by atoms with Crippen LogP contribution >= 0.6 is 0 Å². The van der Waals surface area contributed by atoms with E-state index >= 15 is 0 Å². The van der Waals surface area contributed by atoms with Gasteiger partial charge in [0, 0.05) is 25.0 Å². The van der Waals surface area contributed by atoms with Crippen molar-refractivity contribution < 1.29 is 9.53 Å². The molecule has 0 spiro atoms. The Bertz CT molecular complexity index is 442. The van der Waals surface area contributed by atoms with E-state index in [1.807, 2.05) is 39.0 Å². The minimum absolute atomic E-state index is 0.157. The molecule has 0 radical (unpaired) electrons. The molecular formula is C15H23N3O2. The first-order chi connectivity index (χ1) is 9.46. The maximum absolute atomic E-state index is 11.6. The van der Waals surface area contributed by atoms with Crippen LogP contribution in [0.25, 0.3) is 0 Å². The highest BCUT2D eigenvalue weighted by Crippen LogP contribution is 2.22. The average Bonchev–Trinajstić information content (AvgIpc) is 2.83. The molecule has 1 amide bonds. The normalized spacial score (nSPS) is 22.6. The summed E-state index contributed by atoms with van der Waals surface area (Å²) < 4.78 is 5.21. The first-order valence-electron chi connectivity index (χ1n) is 6.96. The monoisotopic (exact) mass is 277 g/mol. The maximum Gasteiger partial charge on any atom is 0.422 e. The Labute approximate surface area is 120 Å². The number of ether oxygens (including phenoxy) is 1. The summed E-state index contributed by atoms with van der Waals surface area (Å²) in [7, 11) is 0. The lowest BCUT2D eigenvalue weighted by Crippen LogP contribution is -2.48. The second kappa shape index (κ2) is 6.24. The van der Waals surface area contributed by atoms with E-state index in [0.29, 0.717) is 5.92 Å². The van der Waals surface area contributed by atoms with Gasteiger partial charge in [0.15, 0.2) is 0 Å². The van der Waals surface area contributed by atoms with Crippen molar-refractivity contribution in [3.63, 3.8) is 0 Å². The number of carbonyl (C=O) groups excluding carboxylic acids is 1. The van der Waals surface area contributed by atoms with E-state index in [1.165, 1.54) is 5.56 Å². The molecule has 1 aromatic rings. The quantitative estimate of drug-likeness (QED) is 0.737. The van der Waals surface area contributed by atoms with Gasteiger partial charge in [-0.05, 0) is 26.3 Å². The van der Waals surface area contributed by atoms with Crippen molar-refractivity contribution >= 4 is 6.09 Å². The van der Waals surface area contributed by atoms with Crippen LogP contribution in [0.15, 0.2) is 30.3 Å². The van der Waals surface area contributed by atoms with Crippen LogP contribution in [0.4, 0.5) is 4.79 Å². The Balaban J connectivity index is 1.88. The number of hydrazine groups is 1. The Kier molecular flexibility index (Phi) is 4.62. The fourth-order valence-corrected chi connectivity index (χ4v) is 2.34. The molecule has 1 fully saturated rings. The van der Waals surface area contributed by atoms with Crippen LogP contribution in [0.2, 0.25) is 0 Å². The zero-order valence-electron chi connectivity index (χ0n) is 12.3. The molecule has 5 heteroatoms. The minimum Gasteiger partial charge on any atom is -0.443 e. The van der Waals surface area contributed by atoms with Crippen LogP contribution in [0.5, 0.6) is 0 Å². The van der Waals surface area contributed by atoms with E-state index in [1.54, 1.807) is 0 Å². The third-order valence-electron chi connectivity index (χ3n) is 3.20. The van der Waals surface area contributed by atoms with Crippen molar-refractivity contribution in [2.24, 2.45) is 0 Å². The fourth-order valence-electron chi connectivity index (χ4n) is 2.34. The zero-order chi connectivity index (χ0) is 14.6. The molecule has 0 bridgehead atoms. The molecule has 0 aliphatic carbocycles. The summed E-state index contributed by atoms with van der Waals surface area (Å²) in [5.41, 5.74) is 6.47. The first kappa shape index (κ1) is 14.8. The molecule has 0 aromatic heterocycles. The highest BCUT2D eigenvalue weighted by molar-refractivity contribution is 5.67. The molecule has 2 rings (SSSR count). The third kappa shape index (κ3) is 4.21. The highest BCUT2D eigenvalue weighted by atomic mass is 16.6. The lowest BCUT2D eigenvalue weighted by Gasteiger charge is -2.23. The second-order valence-corrected chi connectivity index (χ2v) is 6.05. The SMILES string of the molecule is CC(C)(C)OC(=O)NNC1CNCC1c1ccccc1. The lowest BCUT2D eigenvalue weighted by atomic mass is 9.95. The van der Waals surface area contributed by atoms with E-state index in [2.05, 4.69) is 28.3 Å². The van der Waals surface area contributed by atoms with Crippen LogP contribution in [0.3, 0.4) is 0 Å². The first-order valence-corrected chi connectivity index (χ1v) is 6.96. The number of hydrogen-bond donors (Lipinski definition) is 3. The van der Waals surface area contributed by atoms with Crippen LogP contribution in [-0.2, 0) is 4.74 Å². The largest absolute Gasteiger partial charge is 0.443 e. The predicted molar refractivity (Wildman–Crippen MR) is 78.3 cm³/mol. The van der Waals surface area contributed by atoms with Crippen LogP contribution in [0.1, 0.15) is 32.3 Å². The van der Waals surface area contributed by atoms with Crippen LogP contribution in [-0.4, -0.2) is 30.8 Å². The number of benzene rings is 1. The summed E-state index contributed by atoms with van der Waals surface area (Å²) >= 11 is 0. The van der Waals surface area contributed by atoms with Gasteiger partial charge in [-0.15, -0.1) is 0 Å². The van der Waals surface area contributed by atoms with Crippen molar-refractivity contribution in [3.05, 3.63) is 35.9 Å². The van der Waals surface area contributed by atoms with Gasteiger partial charge in [-0.2, -0.15) is 0 Å². The van der Waals surface area contributed by atoms with E-state index in [-0.39, 0.29) is 6.04 Å². The van der Waals surface area contributed by atoms with Gasteiger partial charge < -0.3 is 10.1 Å². The number of nitrogens with one attached hydrogen (secondary N) is 3. The number of amides is 1. The van der Waals surface area contributed by atoms with E-state index in [9.17, 15) is 4.79 Å². The maximum atomic E-state index is 11.6. The zero-order valence-corrected chi connectivity index (χ0v) is 12.3. The van der Waals surface area contributed by atoms with Gasteiger partial charge in [-0.1, -0.05) is 30.3 Å². The van der Waals surface area contributed by atoms with Crippen molar-refractivity contribution in [1.82, 2.24) is 16.2 Å². The summed E-state index contributed by atoms with van der Waals surface area (Å²) in [5, 5.41) is 3.34. The van der Waals surface area contributed by atoms with Crippen molar-refractivity contribution in [1.29, 1.82) is 0 Å². The topological polar surface area (TPSA) is 62.4 Å². The van der Waals surface area contributed by atoms with E-state index < -0.39 is 11.7 Å². The number of carbonyl (C=O) groups is 1. The van der Waals surface area contributed by atoms with E-state index in [4.69, 9.17) is 4.74 Å². The fraction of sp³-hybridized carbons (Fsp3) is 0.533. The van der Waals surface area contributed by atoms with Gasteiger partial charge in [0.1, 0.15) is 5.60 Å². The molecule has 0 saturated carbocycles. The van der Waals surface area contributed by atoms with Crippen molar-refractivity contribution in [2.45, 2.75) is 38.3 Å². The van der Waals surface area contributed by atoms with Crippen LogP contribution in [0, 0.1) is 0 Å². The molecule has 1 heterocycles. The van der Waals surface area contributed by atoms with Gasteiger partial charge in [0.05, 0.1) is 0 Å². The molecular weight excluding hydrogens is 254 g/mol. The second-order valence-electron chi connectivity index (χ2n) is 6.05. The molecule has 5 nitrogen and oxygen atoms in total. The third-order valence-corrected chi connectivity index (χ3v) is 3.20. The number of hydrogen-bond acceptors (Lipinski definition) is 4. The average molecular weight is 277 g/mol. The standard InChI is InChI=1S/C15H23N3O2/c1-15(2,3)20-14(19)18-17-13-10-16-9-12(13)11-7-5-4-6-8-11/h4-8,12-13,16-17H,9-10H2,1-3H3,(H,18,19). The summed E-state index contributed by atoms with van der Waals surface area (Å²) in [6.07, 6.45) is -0.448. The Hall–Kier alpha value is -1.59. The molecule has 2 atom stereocenters. The molecule has 1 saturated heterocycles. The molecule has 1 aliphatic heterocycles. The molecule has 1 aliphatic rings. The predicted octanol–water partition coefficient (Wildman–Crippen LogP) is 1.77. The molecule has 110 valence electrons. The Morgan fingerprint density at radius 2 is 1.95 bits per heavy atom.